The fourth-order valence-corrected chi connectivity index (χ4v) is 5.42. The first-order chi connectivity index (χ1) is 17.4. The van der Waals surface area contributed by atoms with Crippen molar-refractivity contribution >= 4 is 33.5 Å². The quantitative estimate of drug-likeness (QED) is 0.408. The molecule has 0 saturated carbocycles. The van der Waals surface area contributed by atoms with Gasteiger partial charge in [-0.05, 0) is 51.0 Å². The van der Waals surface area contributed by atoms with Crippen LogP contribution in [0.25, 0.3) is 21.9 Å². The maximum Gasteiger partial charge on any atom is 0.222 e. The van der Waals surface area contributed by atoms with Crippen LogP contribution in [0.1, 0.15) is 37.7 Å². The van der Waals surface area contributed by atoms with E-state index in [9.17, 15) is 9.90 Å². The number of para-hydroxylation sites is 2. The zero-order valence-electron chi connectivity index (χ0n) is 21.3. The lowest BCUT2D eigenvalue weighted by atomic mass is 10.0. The first-order valence-electron chi connectivity index (χ1n) is 12.7. The van der Waals surface area contributed by atoms with E-state index in [4.69, 9.17) is 4.98 Å². The summed E-state index contributed by atoms with van der Waals surface area (Å²) in [6.07, 6.45) is 6.10. The number of hydrogen-bond acceptors (Lipinski definition) is 6. The average molecular weight is 487 g/mol. The number of imidazole rings is 1. The normalized spacial score (nSPS) is 17.8. The lowest BCUT2D eigenvalue weighted by molar-refractivity contribution is -0.132. The SMILES string of the molecule is CCn1c(CCCC(=O)N(C)CC2(O)CCN(c3cc(C)nc4ccncc34)C2)nc2ccccc21. The van der Waals surface area contributed by atoms with Gasteiger partial charge in [-0.1, -0.05) is 12.1 Å². The zero-order valence-corrected chi connectivity index (χ0v) is 21.3. The second-order valence-corrected chi connectivity index (χ2v) is 9.94. The third-order valence-corrected chi connectivity index (χ3v) is 7.19. The smallest absolute Gasteiger partial charge is 0.222 e. The molecule has 1 aromatic carbocycles. The standard InChI is InChI=1S/C28H34N6O2/c1-4-34-24-9-6-5-8-23(24)31-26(34)10-7-11-27(35)32(3)18-28(36)13-15-33(19-28)25-16-20(2)30-22-12-14-29-17-21(22)25/h5-6,8-9,12,14,16-17,36H,4,7,10-11,13,15,18-19H2,1-3H3. The van der Waals surface area contributed by atoms with Crippen LogP contribution in [0.15, 0.2) is 48.8 Å². The number of rotatable bonds is 8. The zero-order chi connectivity index (χ0) is 25.3. The van der Waals surface area contributed by atoms with Crippen molar-refractivity contribution in [2.24, 2.45) is 0 Å². The molecule has 1 N–H and O–H groups in total. The number of aromatic nitrogens is 4. The molecule has 4 aromatic rings. The van der Waals surface area contributed by atoms with Gasteiger partial charge in [-0.25, -0.2) is 4.98 Å². The van der Waals surface area contributed by atoms with Crippen LogP contribution in [0.4, 0.5) is 5.69 Å². The number of aryl methyl sites for hydroxylation is 3. The summed E-state index contributed by atoms with van der Waals surface area (Å²) in [4.78, 5) is 30.4. The molecule has 1 atom stereocenters. The van der Waals surface area contributed by atoms with Gasteiger partial charge in [0, 0.05) is 68.7 Å². The third-order valence-electron chi connectivity index (χ3n) is 7.19. The van der Waals surface area contributed by atoms with Gasteiger partial charge in [-0.3, -0.25) is 14.8 Å². The minimum absolute atomic E-state index is 0.0513. The number of carbonyl (C=O) groups is 1. The molecule has 0 radical (unpaired) electrons. The molecule has 1 aliphatic heterocycles. The summed E-state index contributed by atoms with van der Waals surface area (Å²) in [5.74, 6) is 1.07. The summed E-state index contributed by atoms with van der Waals surface area (Å²) in [5.41, 5.74) is 4.06. The maximum atomic E-state index is 12.9. The highest BCUT2D eigenvalue weighted by atomic mass is 16.3. The molecule has 8 nitrogen and oxygen atoms in total. The van der Waals surface area contributed by atoms with E-state index in [0.717, 1.165) is 65.1 Å². The van der Waals surface area contributed by atoms with E-state index < -0.39 is 5.60 Å². The molecule has 1 saturated heterocycles. The first kappa shape index (κ1) is 24.2. The first-order valence-corrected chi connectivity index (χ1v) is 12.7. The predicted octanol–water partition coefficient (Wildman–Crippen LogP) is 3.73. The van der Waals surface area contributed by atoms with E-state index in [1.165, 1.54) is 0 Å². The topological polar surface area (TPSA) is 87.4 Å². The number of fused-ring (bicyclic) bond motifs is 2. The Kier molecular flexibility index (Phi) is 6.62. The minimum atomic E-state index is -0.952. The van der Waals surface area contributed by atoms with Crippen molar-refractivity contribution in [3.8, 4) is 0 Å². The van der Waals surface area contributed by atoms with Gasteiger partial charge in [0.1, 0.15) is 11.4 Å². The number of aliphatic hydroxyl groups is 1. The molecule has 5 rings (SSSR count). The van der Waals surface area contributed by atoms with Gasteiger partial charge in [-0.15, -0.1) is 0 Å². The summed E-state index contributed by atoms with van der Waals surface area (Å²) < 4.78 is 2.22. The highest BCUT2D eigenvalue weighted by Gasteiger charge is 2.38. The molecular weight excluding hydrogens is 452 g/mol. The Morgan fingerprint density at radius 1 is 1.19 bits per heavy atom. The van der Waals surface area contributed by atoms with Crippen LogP contribution in [0.5, 0.6) is 0 Å². The molecule has 0 aliphatic carbocycles. The van der Waals surface area contributed by atoms with Gasteiger partial charge >= 0.3 is 0 Å². The van der Waals surface area contributed by atoms with Crippen LogP contribution >= 0.6 is 0 Å². The Bertz CT molecular complexity index is 1400. The molecule has 3 aromatic heterocycles. The number of anilines is 1. The van der Waals surface area contributed by atoms with E-state index in [1.807, 2.05) is 43.5 Å². The molecular formula is C28H34N6O2. The van der Waals surface area contributed by atoms with Gasteiger partial charge in [0.25, 0.3) is 0 Å². The summed E-state index contributed by atoms with van der Waals surface area (Å²) in [6.45, 7) is 6.46. The molecule has 0 bridgehead atoms. The number of amides is 1. The van der Waals surface area contributed by atoms with E-state index in [1.54, 1.807) is 18.1 Å². The number of carbonyl (C=O) groups excluding carboxylic acids is 1. The fraction of sp³-hybridized carbons (Fsp3) is 0.429. The van der Waals surface area contributed by atoms with Crippen molar-refractivity contribution in [2.45, 2.75) is 51.7 Å². The van der Waals surface area contributed by atoms with Gasteiger partial charge < -0.3 is 19.5 Å². The molecule has 188 valence electrons. The highest BCUT2D eigenvalue weighted by molar-refractivity contribution is 5.91. The van der Waals surface area contributed by atoms with E-state index in [2.05, 4.69) is 32.4 Å². The average Bonchev–Trinajstić information content (AvgIpc) is 3.43. The van der Waals surface area contributed by atoms with E-state index >= 15 is 0 Å². The van der Waals surface area contributed by atoms with E-state index in [-0.39, 0.29) is 5.91 Å². The van der Waals surface area contributed by atoms with E-state index in [0.29, 0.717) is 25.9 Å². The fourth-order valence-electron chi connectivity index (χ4n) is 5.42. The van der Waals surface area contributed by atoms with Crippen LogP contribution in [-0.2, 0) is 17.8 Å². The number of likely N-dealkylation sites (N-methyl/N-ethyl adjacent to an activating group) is 1. The number of β-amino-alcohol motifs (C(OH)–C–C–N with tert-alkyl or cyclic N) is 1. The van der Waals surface area contributed by atoms with Gasteiger partial charge in [-0.2, -0.15) is 0 Å². The van der Waals surface area contributed by atoms with Crippen molar-refractivity contribution in [2.75, 3.05) is 31.6 Å². The molecule has 0 spiro atoms. The number of pyridine rings is 2. The minimum Gasteiger partial charge on any atom is -0.386 e. The van der Waals surface area contributed by atoms with Gasteiger partial charge in [0.05, 0.1) is 23.1 Å². The summed E-state index contributed by atoms with van der Waals surface area (Å²) >= 11 is 0. The van der Waals surface area contributed by atoms with Crippen LogP contribution in [0, 0.1) is 6.92 Å². The van der Waals surface area contributed by atoms with Crippen molar-refractivity contribution in [3.63, 3.8) is 0 Å². The Morgan fingerprint density at radius 2 is 2.03 bits per heavy atom. The lowest BCUT2D eigenvalue weighted by Gasteiger charge is -2.29. The third kappa shape index (κ3) is 4.78. The molecule has 1 amide bonds. The van der Waals surface area contributed by atoms with Crippen LogP contribution in [0.2, 0.25) is 0 Å². The van der Waals surface area contributed by atoms with Crippen LogP contribution in [-0.4, -0.2) is 67.7 Å². The van der Waals surface area contributed by atoms with Crippen molar-refractivity contribution < 1.29 is 9.90 Å². The number of benzene rings is 1. The second-order valence-electron chi connectivity index (χ2n) is 9.94. The summed E-state index contributed by atoms with van der Waals surface area (Å²) in [5, 5.41) is 12.3. The van der Waals surface area contributed by atoms with Crippen LogP contribution < -0.4 is 4.90 Å². The van der Waals surface area contributed by atoms with Crippen molar-refractivity contribution in [1.29, 1.82) is 0 Å². The molecule has 8 heteroatoms. The van der Waals surface area contributed by atoms with Gasteiger partial charge in [0.2, 0.25) is 5.91 Å². The Labute approximate surface area is 211 Å². The van der Waals surface area contributed by atoms with Crippen molar-refractivity contribution in [1.82, 2.24) is 24.4 Å². The largest absolute Gasteiger partial charge is 0.386 e. The molecule has 4 heterocycles. The molecule has 36 heavy (non-hydrogen) atoms. The lowest BCUT2D eigenvalue weighted by Crippen LogP contribution is -2.45. The molecule has 1 fully saturated rings. The molecule has 1 aliphatic rings. The van der Waals surface area contributed by atoms with Crippen molar-refractivity contribution in [3.05, 3.63) is 60.3 Å². The Hall–Kier alpha value is -3.52. The highest BCUT2D eigenvalue weighted by Crippen LogP contribution is 2.32. The predicted molar refractivity (Wildman–Crippen MR) is 142 cm³/mol. The number of nitrogens with zero attached hydrogens (tertiary/aromatic N) is 6. The Morgan fingerprint density at radius 3 is 2.86 bits per heavy atom. The Balaban J connectivity index is 1.19. The molecule has 1 unspecified atom stereocenters. The monoisotopic (exact) mass is 486 g/mol. The number of hydrogen-bond donors (Lipinski definition) is 1. The summed E-state index contributed by atoms with van der Waals surface area (Å²) in [6, 6.07) is 12.1. The maximum absolute atomic E-state index is 12.9. The van der Waals surface area contributed by atoms with Gasteiger partial charge in [0.15, 0.2) is 0 Å². The second kappa shape index (κ2) is 9.85. The van der Waals surface area contributed by atoms with Crippen LogP contribution in [0.3, 0.4) is 0 Å². The summed E-state index contributed by atoms with van der Waals surface area (Å²) in [7, 11) is 1.79.